The minimum absolute atomic E-state index is 0.138. The molecule has 1 N–H and O–H groups in total. The number of para-hydroxylation sites is 1. The van der Waals surface area contributed by atoms with Gasteiger partial charge in [0, 0.05) is 56.7 Å². The molecule has 1 aromatic heterocycles. The van der Waals surface area contributed by atoms with Gasteiger partial charge in [-0.15, -0.1) is 0 Å². The summed E-state index contributed by atoms with van der Waals surface area (Å²) in [5.74, 6) is 0.328. The number of aryl methyl sites for hydroxylation is 2. The molecule has 0 radical (unpaired) electrons. The zero-order chi connectivity index (χ0) is 21.5. The molecule has 1 fully saturated rings. The highest BCUT2D eigenvalue weighted by Crippen LogP contribution is 2.32. The first kappa shape index (κ1) is 21.6. The van der Waals surface area contributed by atoms with Crippen LogP contribution in [0, 0.1) is 0 Å². The summed E-state index contributed by atoms with van der Waals surface area (Å²) in [6.45, 7) is 5.06. The molecule has 0 spiro atoms. The second-order valence-corrected chi connectivity index (χ2v) is 8.44. The van der Waals surface area contributed by atoms with Crippen molar-refractivity contribution < 1.29 is 9.53 Å². The molecule has 164 valence electrons. The van der Waals surface area contributed by atoms with E-state index in [9.17, 15) is 4.79 Å². The molecule has 4 rings (SSSR count). The maximum atomic E-state index is 12.9. The molecular weight excluding hydrogens is 386 g/mol. The first-order chi connectivity index (χ1) is 15.2. The second kappa shape index (κ2) is 10.6. The van der Waals surface area contributed by atoms with Gasteiger partial charge >= 0.3 is 0 Å². The number of fused-ring (bicyclic) bond motifs is 1. The fourth-order valence-electron chi connectivity index (χ4n) is 4.53. The summed E-state index contributed by atoms with van der Waals surface area (Å²) in [5.41, 5.74) is 3.81. The van der Waals surface area contributed by atoms with Crippen LogP contribution in [0.25, 0.3) is 10.9 Å². The number of benzene rings is 2. The third kappa shape index (κ3) is 5.75. The molecule has 1 amide bonds. The lowest BCUT2D eigenvalue weighted by atomic mass is 9.89. The number of morpholine rings is 1. The zero-order valence-corrected chi connectivity index (χ0v) is 18.4. The lowest BCUT2D eigenvalue weighted by Gasteiger charge is -2.26. The van der Waals surface area contributed by atoms with Gasteiger partial charge in [0.25, 0.3) is 0 Å². The maximum Gasteiger partial charge on any atom is 0.220 e. The Balaban J connectivity index is 1.43. The number of rotatable bonds is 9. The average molecular weight is 420 g/mol. The third-order valence-corrected chi connectivity index (χ3v) is 6.28. The van der Waals surface area contributed by atoms with Crippen LogP contribution in [0.5, 0.6) is 0 Å². The molecule has 3 aromatic rings. The minimum atomic E-state index is 0.138. The second-order valence-electron chi connectivity index (χ2n) is 8.44. The van der Waals surface area contributed by atoms with Crippen molar-refractivity contribution in [2.24, 2.45) is 7.05 Å². The van der Waals surface area contributed by atoms with Gasteiger partial charge in [0.05, 0.1) is 13.2 Å². The van der Waals surface area contributed by atoms with Gasteiger partial charge < -0.3 is 14.6 Å². The van der Waals surface area contributed by atoms with Crippen molar-refractivity contribution in [1.29, 1.82) is 0 Å². The smallest absolute Gasteiger partial charge is 0.220 e. The normalized spacial score (nSPS) is 15.8. The molecule has 2 heterocycles. The summed E-state index contributed by atoms with van der Waals surface area (Å²) in [6.07, 6.45) is 4.65. The van der Waals surface area contributed by atoms with E-state index in [-0.39, 0.29) is 11.8 Å². The van der Waals surface area contributed by atoms with Crippen LogP contribution in [0.15, 0.2) is 60.8 Å². The number of carbonyl (C=O) groups excluding carboxylic acids is 1. The molecule has 0 saturated carbocycles. The molecule has 2 aromatic carbocycles. The molecule has 1 saturated heterocycles. The van der Waals surface area contributed by atoms with Crippen molar-refractivity contribution in [1.82, 2.24) is 14.8 Å². The Morgan fingerprint density at radius 2 is 1.81 bits per heavy atom. The Morgan fingerprint density at radius 1 is 1.06 bits per heavy atom. The van der Waals surface area contributed by atoms with Crippen molar-refractivity contribution in [3.8, 4) is 0 Å². The predicted molar refractivity (Wildman–Crippen MR) is 125 cm³/mol. The Hall–Kier alpha value is -2.63. The summed E-state index contributed by atoms with van der Waals surface area (Å²) in [5, 5.41) is 4.41. The number of ether oxygens (including phenoxy) is 1. The van der Waals surface area contributed by atoms with E-state index in [0.717, 1.165) is 45.7 Å². The van der Waals surface area contributed by atoms with Crippen molar-refractivity contribution in [3.63, 3.8) is 0 Å². The van der Waals surface area contributed by atoms with E-state index in [1.165, 1.54) is 22.0 Å². The minimum Gasteiger partial charge on any atom is -0.379 e. The fraction of sp³-hybridized carbons (Fsp3) is 0.423. The molecular formula is C26H33N3O2. The van der Waals surface area contributed by atoms with Crippen molar-refractivity contribution in [2.45, 2.75) is 25.2 Å². The zero-order valence-electron chi connectivity index (χ0n) is 18.4. The van der Waals surface area contributed by atoms with Gasteiger partial charge in [-0.3, -0.25) is 9.69 Å². The highest BCUT2D eigenvalue weighted by atomic mass is 16.5. The van der Waals surface area contributed by atoms with Crippen LogP contribution in [0.2, 0.25) is 0 Å². The maximum absolute atomic E-state index is 12.9. The Bertz CT molecular complexity index is 977. The number of nitrogens with zero attached hydrogens (tertiary/aromatic N) is 2. The van der Waals surface area contributed by atoms with E-state index in [4.69, 9.17) is 4.74 Å². The van der Waals surface area contributed by atoms with Gasteiger partial charge in [-0.05, 0) is 36.0 Å². The molecule has 1 aliphatic rings. The topological polar surface area (TPSA) is 46.5 Å². The summed E-state index contributed by atoms with van der Waals surface area (Å²) >= 11 is 0. The van der Waals surface area contributed by atoms with Crippen molar-refractivity contribution in [2.75, 3.05) is 39.4 Å². The highest BCUT2D eigenvalue weighted by Gasteiger charge is 2.21. The SMILES string of the molecule is Cn1cc([C@H](CCc2ccccc2)CC(=O)NCCN2CCOCC2)c2ccccc21. The Kier molecular flexibility index (Phi) is 7.39. The van der Waals surface area contributed by atoms with Crippen LogP contribution in [-0.4, -0.2) is 54.8 Å². The number of hydrogen-bond donors (Lipinski definition) is 1. The Morgan fingerprint density at radius 3 is 2.61 bits per heavy atom. The average Bonchev–Trinajstić information content (AvgIpc) is 3.15. The summed E-state index contributed by atoms with van der Waals surface area (Å²) in [7, 11) is 2.09. The number of carbonyl (C=O) groups is 1. The van der Waals surface area contributed by atoms with E-state index in [0.29, 0.717) is 13.0 Å². The quantitative estimate of drug-likeness (QED) is 0.575. The fourth-order valence-corrected chi connectivity index (χ4v) is 4.53. The van der Waals surface area contributed by atoms with Crippen LogP contribution in [0.1, 0.15) is 29.9 Å². The van der Waals surface area contributed by atoms with E-state index >= 15 is 0 Å². The molecule has 0 bridgehead atoms. The van der Waals surface area contributed by atoms with Crippen molar-refractivity contribution >= 4 is 16.8 Å². The highest BCUT2D eigenvalue weighted by molar-refractivity contribution is 5.85. The Labute approximate surface area is 185 Å². The molecule has 5 nitrogen and oxygen atoms in total. The largest absolute Gasteiger partial charge is 0.379 e. The summed E-state index contributed by atoms with van der Waals surface area (Å²) in [4.78, 5) is 15.2. The van der Waals surface area contributed by atoms with E-state index in [1.807, 2.05) is 6.07 Å². The molecule has 31 heavy (non-hydrogen) atoms. The summed E-state index contributed by atoms with van der Waals surface area (Å²) < 4.78 is 7.58. The standard InChI is InChI=1S/C26H33N3O2/c1-28-20-24(23-9-5-6-10-25(23)28)22(12-11-21-7-3-2-4-8-21)19-26(30)27-13-14-29-15-17-31-18-16-29/h2-10,20,22H,11-19H2,1H3,(H,27,30)/t22-/m1/s1. The molecule has 0 unspecified atom stereocenters. The molecule has 0 aliphatic carbocycles. The number of hydrogen-bond acceptors (Lipinski definition) is 3. The van der Waals surface area contributed by atoms with Gasteiger partial charge in [-0.2, -0.15) is 0 Å². The van der Waals surface area contributed by atoms with Crippen LogP contribution in [-0.2, 0) is 23.0 Å². The molecule has 1 aliphatic heterocycles. The van der Waals surface area contributed by atoms with E-state index in [1.54, 1.807) is 0 Å². The van der Waals surface area contributed by atoms with E-state index < -0.39 is 0 Å². The van der Waals surface area contributed by atoms with Crippen molar-refractivity contribution in [3.05, 3.63) is 71.9 Å². The van der Waals surface area contributed by atoms with Gasteiger partial charge in [0.15, 0.2) is 0 Å². The lowest BCUT2D eigenvalue weighted by molar-refractivity contribution is -0.121. The monoisotopic (exact) mass is 419 g/mol. The third-order valence-electron chi connectivity index (χ3n) is 6.28. The van der Waals surface area contributed by atoms with Gasteiger partial charge in [-0.25, -0.2) is 0 Å². The first-order valence-corrected chi connectivity index (χ1v) is 11.4. The van der Waals surface area contributed by atoms with Crippen LogP contribution in [0.3, 0.4) is 0 Å². The van der Waals surface area contributed by atoms with E-state index in [2.05, 4.69) is 76.6 Å². The van der Waals surface area contributed by atoms with Crippen LogP contribution >= 0.6 is 0 Å². The van der Waals surface area contributed by atoms with Gasteiger partial charge in [0.1, 0.15) is 0 Å². The van der Waals surface area contributed by atoms with Gasteiger partial charge in [-0.1, -0.05) is 48.5 Å². The number of aromatic nitrogens is 1. The summed E-state index contributed by atoms with van der Waals surface area (Å²) in [6, 6.07) is 19.0. The first-order valence-electron chi connectivity index (χ1n) is 11.4. The number of amides is 1. The van der Waals surface area contributed by atoms with Gasteiger partial charge in [0.2, 0.25) is 5.91 Å². The lowest BCUT2D eigenvalue weighted by Crippen LogP contribution is -2.41. The van der Waals surface area contributed by atoms with Crippen LogP contribution < -0.4 is 5.32 Å². The predicted octanol–water partition coefficient (Wildman–Crippen LogP) is 3.73. The number of nitrogens with one attached hydrogen (secondary N) is 1. The van der Waals surface area contributed by atoms with Crippen LogP contribution in [0.4, 0.5) is 0 Å². The molecule has 5 heteroatoms. The molecule has 1 atom stereocenters.